The number of nitro groups is 1. The number of aryl methyl sites for hydroxylation is 1. The molecule has 11 nitrogen and oxygen atoms in total. The van der Waals surface area contributed by atoms with Crippen molar-refractivity contribution in [3.63, 3.8) is 0 Å². The maximum Gasteiger partial charge on any atom is 0.294 e. The molecule has 0 radical (unpaired) electrons. The van der Waals surface area contributed by atoms with Gasteiger partial charge in [0.25, 0.3) is 17.2 Å². The molecule has 2 N–H and O–H groups in total. The summed E-state index contributed by atoms with van der Waals surface area (Å²) in [6.45, 7) is 10.4. The highest BCUT2D eigenvalue weighted by molar-refractivity contribution is 6.05. The van der Waals surface area contributed by atoms with Gasteiger partial charge in [-0.3, -0.25) is 19.7 Å². The molecule has 0 spiro atoms. The zero-order valence-corrected chi connectivity index (χ0v) is 25.5. The number of nitrogens with zero attached hydrogens (tertiary/aromatic N) is 4. The van der Waals surface area contributed by atoms with Crippen LogP contribution in [0.4, 0.5) is 28.6 Å². The van der Waals surface area contributed by atoms with Crippen molar-refractivity contribution in [1.82, 2.24) is 9.55 Å². The van der Waals surface area contributed by atoms with E-state index in [0.29, 0.717) is 54.6 Å². The minimum atomic E-state index is -0.431. The fourth-order valence-electron chi connectivity index (χ4n) is 5.14. The molecule has 4 aromatic rings. The van der Waals surface area contributed by atoms with Crippen LogP contribution in [-0.4, -0.2) is 46.7 Å². The summed E-state index contributed by atoms with van der Waals surface area (Å²) in [4.78, 5) is 44.2. The van der Waals surface area contributed by atoms with E-state index in [0.717, 1.165) is 16.7 Å². The number of carbonyl (C=O) groups is 1. The van der Waals surface area contributed by atoms with Crippen molar-refractivity contribution >= 4 is 34.5 Å². The molecule has 11 heteroatoms. The van der Waals surface area contributed by atoms with Crippen molar-refractivity contribution in [2.45, 2.75) is 33.1 Å². The number of benzene rings is 3. The molecular formula is C33H36N6O5. The Hall–Kier alpha value is -5.03. The van der Waals surface area contributed by atoms with Crippen molar-refractivity contribution in [1.29, 1.82) is 0 Å². The second kappa shape index (κ2) is 12.3. The van der Waals surface area contributed by atoms with E-state index in [2.05, 4.69) is 36.4 Å². The Balaban J connectivity index is 1.42. The van der Waals surface area contributed by atoms with Crippen LogP contribution in [0.2, 0.25) is 0 Å². The third-order valence-electron chi connectivity index (χ3n) is 7.73. The highest BCUT2D eigenvalue weighted by atomic mass is 16.6. The topological polar surface area (TPSA) is 132 Å². The van der Waals surface area contributed by atoms with Gasteiger partial charge in [-0.15, -0.1) is 0 Å². The quantitative estimate of drug-likeness (QED) is 0.202. The molecule has 1 aromatic heterocycles. The maximum absolute atomic E-state index is 13.1. The number of anilines is 4. The van der Waals surface area contributed by atoms with Gasteiger partial charge in [0.2, 0.25) is 0 Å². The van der Waals surface area contributed by atoms with Crippen molar-refractivity contribution in [3.8, 4) is 11.3 Å². The molecule has 0 saturated carbocycles. The Bertz CT molecular complexity index is 1770. The molecule has 1 amide bonds. The number of amides is 1. The van der Waals surface area contributed by atoms with Gasteiger partial charge < -0.3 is 24.8 Å². The van der Waals surface area contributed by atoms with Gasteiger partial charge in [0.15, 0.2) is 5.82 Å². The highest BCUT2D eigenvalue weighted by Crippen LogP contribution is 2.33. The summed E-state index contributed by atoms with van der Waals surface area (Å²) in [5.74, 6) is -0.213. The minimum Gasteiger partial charge on any atom is -0.378 e. The monoisotopic (exact) mass is 596 g/mol. The van der Waals surface area contributed by atoms with E-state index in [1.165, 1.54) is 10.6 Å². The van der Waals surface area contributed by atoms with Crippen LogP contribution in [0.25, 0.3) is 11.3 Å². The molecule has 228 valence electrons. The molecule has 1 saturated heterocycles. The van der Waals surface area contributed by atoms with Gasteiger partial charge in [0.1, 0.15) is 5.69 Å². The number of carbonyl (C=O) groups excluding carboxylic acids is 1. The van der Waals surface area contributed by atoms with E-state index in [1.54, 1.807) is 25.4 Å². The fourth-order valence-corrected chi connectivity index (χ4v) is 5.14. The van der Waals surface area contributed by atoms with Crippen LogP contribution in [-0.2, 0) is 17.2 Å². The molecule has 1 aliphatic heterocycles. The minimum absolute atomic E-state index is 0.0164. The first-order chi connectivity index (χ1) is 20.9. The van der Waals surface area contributed by atoms with Gasteiger partial charge in [-0.25, -0.2) is 4.98 Å². The number of hydrogen-bond acceptors (Lipinski definition) is 8. The van der Waals surface area contributed by atoms with Gasteiger partial charge in [0.05, 0.1) is 23.8 Å². The van der Waals surface area contributed by atoms with E-state index in [-0.39, 0.29) is 22.8 Å². The van der Waals surface area contributed by atoms with Gasteiger partial charge in [-0.05, 0) is 53.8 Å². The Morgan fingerprint density at radius 2 is 1.75 bits per heavy atom. The van der Waals surface area contributed by atoms with Crippen molar-refractivity contribution in [3.05, 3.63) is 104 Å². The maximum atomic E-state index is 13.1. The standard InChI is InChI=1S/C33H36N6O5/c1-21-25(7-6-8-26(21)36-31(40)22-9-11-23(12-10-22)33(2,3)4)27-20-37(5)32(41)30(35-27)34-24-13-14-28(29(19-24)39(42)43)38-15-17-44-18-16-38/h6-14,19-20H,15-18H2,1-5H3,(H,34,35)(H,36,40). The number of ether oxygens (including phenoxy) is 1. The molecule has 3 aromatic carbocycles. The zero-order valence-electron chi connectivity index (χ0n) is 25.5. The first-order valence-corrected chi connectivity index (χ1v) is 14.4. The lowest BCUT2D eigenvalue weighted by Crippen LogP contribution is -2.36. The van der Waals surface area contributed by atoms with Crippen LogP contribution in [0.5, 0.6) is 0 Å². The van der Waals surface area contributed by atoms with Crippen LogP contribution in [0.1, 0.15) is 42.3 Å². The number of hydrogen-bond donors (Lipinski definition) is 2. The number of nitro benzene ring substituents is 1. The Kier molecular flexibility index (Phi) is 8.50. The Morgan fingerprint density at radius 1 is 1.05 bits per heavy atom. The van der Waals surface area contributed by atoms with Crippen molar-refractivity contribution < 1.29 is 14.5 Å². The first kappa shape index (κ1) is 30.4. The molecule has 0 unspecified atom stereocenters. The smallest absolute Gasteiger partial charge is 0.294 e. The Morgan fingerprint density at radius 3 is 2.41 bits per heavy atom. The molecule has 44 heavy (non-hydrogen) atoms. The zero-order chi connectivity index (χ0) is 31.6. The van der Waals surface area contributed by atoms with E-state index >= 15 is 0 Å². The summed E-state index contributed by atoms with van der Waals surface area (Å²) in [7, 11) is 1.62. The van der Waals surface area contributed by atoms with E-state index in [9.17, 15) is 19.7 Å². The molecule has 0 bridgehead atoms. The summed E-state index contributed by atoms with van der Waals surface area (Å²) in [5.41, 5.74) is 4.67. The SMILES string of the molecule is Cc1c(NC(=O)c2ccc(C(C)(C)C)cc2)cccc1-c1cn(C)c(=O)c(Nc2ccc(N3CCOCC3)c([N+](=O)[O-])c2)n1. The van der Waals surface area contributed by atoms with Crippen molar-refractivity contribution in [2.24, 2.45) is 7.05 Å². The number of nitrogens with one attached hydrogen (secondary N) is 2. The van der Waals surface area contributed by atoms with Gasteiger partial charge in [0, 0.05) is 54.9 Å². The Labute approximate surface area is 255 Å². The largest absolute Gasteiger partial charge is 0.378 e. The van der Waals surface area contributed by atoms with E-state index in [1.807, 2.05) is 54.3 Å². The normalized spacial score (nSPS) is 13.4. The van der Waals surface area contributed by atoms with E-state index in [4.69, 9.17) is 4.74 Å². The third kappa shape index (κ3) is 6.47. The van der Waals surface area contributed by atoms with Crippen LogP contribution < -0.4 is 21.1 Å². The second-order valence-corrected chi connectivity index (χ2v) is 11.8. The predicted octanol–water partition coefficient (Wildman–Crippen LogP) is 5.79. The van der Waals surface area contributed by atoms with E-state index < -0.39 is 10.5 Å². The average molecular weight is 597 g/mol. The molecule has 5 rings (SSSR count). The van der Waals surface area contributed by atoms with Gasteiger partial charge in [-0.1, -0.05) is 45.0 Å². The molecule has 2 heterocycles. The van der Waals surface area contributed by atoms with Gasteiger partial charge in [-0.2, -0.15) is 0 Å². The summed E-state index contributed by atoms with van der Waals surface area (Å²) in [5, 5.41) is 17.9. The van der Waals surface area contributed by atoms with Crippen LogP contribution in [0, 0.1) is 17.0 Å². The van der Waals surface area contributed by atoms with Crippen LogP contribution in [0.15, 0.2) is 71.7 Å². The summed E-state index contributed by atoms with van der Waals surface area (Å²) < 4.78 is 6.78. The van der Waals surface area contributed by atoms with Crippen LogP contribution >= 0.6 is 0 Å². The number of aromatic nitrogens is 2. The molecular weight excluding hydrogens is 560 g/mol. The molecule has 1 fully saturated rings. The predicted molar refractivity (Wildman–Crippen MR) is 172 cm³/mol. The summed E-state index contributed by atoms with van der Waals surface area (Å²) in [6.07, 6.45) is 1.62. The van der Waals surface area contributed by atoms with Crippen molar-refractivity contribution in [2.75, 3.05) is 41.8 Å². The lowest BCUT2D eigenvalue weighted by Gasteiger charge is -2.28. The number of morpholine rings is 1. The molecule has 1 aliphatic rings. The summed E-state index contributed by atoms with van der Waals surface area (Å²) in [6, 6.07) is 17.8. The average Bonchev–Trinajstić information content (AvgIpc) is 3.00. The second-order valence-electron chi connectivity index (χ2n) is 11.8. The van der Waals surface area contributed by atoms with Gasteiger partial charge >= 0.3 is 0 Å². The van der Waals surface area contributed by atoms with Crippen LogP contribution in [0.3, 0.4) is 0 Å². The molecule has 0 aliphatic carbocycles. The highest BCUT2D eigenvalue weighted by Gasteiger charge is 2.23. The third-order valence-corrected chi connectivity index (χ3v) is 7.73. The lowest BCUT2D eigenvalue weighted by atomic mass is 9.86. The summed E-state index contributed by atoms with van der Waals surface area (Å²) >= 11 is 0. The fraction of sp³-hybridized carbons (Fsp3) is 0.303. The molecule has 0 atom stereocenters. The first-order valence-electron chi connectivity index (χ1n) is 14.4. The number of rotatable bonds is 7. The lowest BCUT2D eigenvalue weighted by molar-refractivity contribution is -0.384.